The Bertz CT molecular complexity index is 623. The fraction of sp³-hybridized carbons (Fsp3) is 0.188. The number of aryl methyl sites for hydroxylation is 1. The molecule has 4 heteroatoms. The first-order chi connectivity index (χ1) is 9.61. The summed E-state index contributed by atoms with van der Waals surface area (Å²) in [5.41, 5.74) is 1.43. The lowest BCUT2D eigenvalue weighted by molar-refractivity contribution is 0.0693. The normalized spacial score (nSPS) is 10.3. The molecule has 0 bridgehead atoms. The van der Waals surface area contributed by atoms with Crippen molar-refractivity contribution in [2.45, 2.75) is 20.0 Å². The summed E-state index contributed by atoms with van der Waals surface area (Å²) in [6.45, 7) is 2.11. The van der Waals surface area contributed by atoms with Gasteiger partial charge in [0.25, 0.3) is 0 Å². The lowest BCUT2D eigenvalue weighted by Crippen LogP contribution is -2.07. The molecule has 0 amide bonds. The predicted octanol–water partition coefficient (Wildman–Crippen LogP) is 3.67. The third kappa shape index (κ3) is 3.15. The molecule has 0 radical (unpaired) electrons. The van der Waals surface area contributed by atoms with Crippen molar-refractivity contribution in [1.29, 1.82) is 0 Å². The molecule has 0 aliphatic carbocycles. The van der Waals surface area contributed by atoms with Crippen molar-refractivity contribution in [1.82, 2.24) is 0 Å². The average molecular weight is 274 g/mol. The Morgan fingerprint density at radius 1 is 1.20 bits per heavy atom. The Balaban J connectivity index is 2.21. The Kier molecular flexibility index (Phi) is 4.35. The van der Waals surface area contributed by atoms with Gasteiger partial charge in [-0.25, -0.2) is 9.18 Å². The number of carbonyl (C=O) groups is 1. The van der Waals surface area contributed by atoms with Crippen LogP contribution in [0.5, 0.6) is 5.75 Å². The number of ether oxygens (including phenoxy) is 1. The number of carboxylic acid groups (broad SMARTS) is 1. The van der Waals surface area contributed by atoms with Gasteiger partial charge in [-0.2, -0.15) is 0 Å². The number of hydrogen-bond donors (Lipinski definition) is 1. The van der Waals surface area contributed by atoms with E-state index in [0.717, 1.165) is 23.8 Å². The highest BCUT2D eigenvalue weighted by Gasteiger charge is 2.12. The molecule has 2 aromatic carbocycles. The third-order valence-corrected chi connectivity index (χ3v) is 3.04. The van der Waals surface area contributed by atoms with Gasteiger partial charge in [0.2, 0.25) is 0 Å². The van der Waals surface area contributed by atoms with Crippen LogP contribution in [-0.4, -0.2) is 11.1 Å². The quantitative estimate of drug-likeness (QED) is 0.905. The first kappa shape index (κ1) is 14.1. The van der Waals surface area contributed by atoms with E-state index >= 15 is 0 Å². The van der Waals surface area contributed by atoms with Gasteiger partial charge < -0.3 is 9.84 Å². The van der Waals surface area contributed by atoms with E-state index in [1.807, 2.05) is 31.2 Å². The molecule has 0 atom stereocenters. The number of halogens is 1. The number of para-hydroxylation sites is 1. The van der Waals surface area contributed by atoms with Gasteiger partial charge in [0.1, 0.15) is 18.2 Å². The summed E-state index contributed by atoms with van der Waals surface area (Å²) in [6, 6.07) is 11.3. The summed E-state index contributed by atoms with van der Waals surface area (Å²) in [5.74, 6) is -1.01. The molecule has 0 heterocycles. The molecular formula is C16H15FO3. The molecule has 1 N–H and O–H groups in total. The van der Waals surface area contributed by atoms with Gasteiger partial charge in [-0.3, -0.25) is 0 Å². The number of rotatable bonds is 5. The maximum absolute atomic E-state index is 13.1. The number of hydrogen-bond acceptors (Lipinski definition) is 2. The van der Waals surface area contributed by atoms with Crippen molar-refractivity contribution in [2.24, 2.45) is 0 Å². The van der Waals surface area contributed by atoms with Crippen LogP contribution in [0.4, 0.5) is 4.39 Å². The van der Waals surface area contributed by atoms with Crippen LogP contribution < -0.4 is 4.74 Å². The lowest BCUT2D eigenvalue weighted by Gasteiger charge is -2.11. The van der Waals surface area contributed by atoms with Crippen molar-refractivity contribution < 1.29 is 19.0 Å². The Morgan fingerprint density at radius 2 is 1.95 bits per heavy atom. The van der Waals surface area contributed by atoms with Crippen LogP contribution in [0.25, 0.3) is 0 Å². The molecule has 0 aromatic heterocycles. The van der Waals surface area contributed by atoms with E-state index in [9.17, 15) is 9.18 Å². The number of carboxylic acids is 1. The SMILES string of the molecule is CCc1ccccc1OCc1ccc(F)cc1C(=O)O. The van der Waals surface area contributed by atoms with E-state index < -0.39 is 11.8 Å². The maximum atomic E-state index is 13.1. The van der Waals surface area contributed by atoms with Gasteiger partial charge in [0.15, 0.2) is 0 Å². The second-order valence-corrected chi connectivity index (χ2v) is 4.36. The zero-order valence-corrected chi connectivity index (χ0v) is 11.1. The molecule has 0 saturated heterocycles. The standard InChI is InChI=1S/C16H15FO3/c1-2-11-5-3-4-6-15(11)20-10-12-7-8-13(17)9-14(12)16(18)19/h3-9H,2,10H2,1H3,(H,18,19). The topological polar surface area (TPSA) is 46.5 Å². The van der Waals surface area contributed by atoms with E-state index in [1.54, 1.807) is 0 Å². The van der Waals surface area contributed by atoms with E-state index in [-0.39, 0.29) is 12.2 Å². The zero-order chi connectivity index (χ0) is 14.5. The third-order valence-electron chi connectivity index (χ3n) is 3.04. The van der Waals surface area contributed by atoms with Gasteiger partial charge in [-0.05, 0) is 30.2 Å². The van der Waals surface area contributed by atoms with Crippen LogP contribution in [0.3, 0.4) is 0 Å². The molecule has 0 spiro atoms. The second kappa shape index (κ2) is 6.19. The highest BCUT2D eigenvalue weighted by atomic mass is 19.1. The molecule has 0 unspecified atom stereocenters. The van der Waals surface area contributed by atoms with E-state index in [0.29, 0.717) is 5.56 Å². The van der Waals surface area contributed by atoms with E-state index in [1.165, 1.54) is 12.1 Å². The van der Waals surface area contributed by atoms with Gasteiger partial charge in [0.05, 0.1) is 5.56 Å². The van der Waals surface area contributed by atoms with Crippen LogP contribution in [0.1, 0.15) is 28.4 Å². The van der Waals surface area contributed by atoms with Gasteiger partial charge in [0, 0.05) is 5.56 Å². The van der Waals surface area contributed by atoms with Crippen LogP contribution in [0, 0.1) is 5.82 Å². The molecule has 3 nitrogen and oxygen atoms in total. The van der Waals surface area contributed by atoms with Crippen molar-refractivity contribution in [3.05, 3.63) is 65.0 Å². The minimum atomic E-state index is -1.16. The Labute approximate surface area is 116 Å². The highest BCUT2D eigenvalue weighted by Crippen LogP contribution is 2.21. The number of benzene rings is 2. The summed E-state index contributed by atoms with van der Waals surface area (Å²) < 4.78 is 18.7. The Morgan fingerprint density at radius 3 is 2.65 bits per heavy atom. The maximum Gasteiger partial charge on any atom is 0.336 e. The van der Waals surface area contributed by atoms with Crippen LogP contribution in [0.2, 0.25) is 0 Å². The van der Waals surface area contributed by atoms with Crippen LogP contribution in [-0.2, 0) is 13.0 Å². The predicted molar refractivity (Wildman–Crippen MR) is 73.5 cm³/mol. The van der Waals surface area contributed by atoms with Gasteiger partial charge >= 0.3 is 5.97 Å². The minimum Gasteiger partial charge on any atom is -0.489 e. The second-order valence-electron chi connectivity index (χ2n) is 4.36. The molecule has 0 fully saturated rings. The molecule has 104 valence electrons. The largest absolute Gasteiger partial charge is 0.489 e. The molecule has 0 aliphatic rings. The smallest absolute Gasteiger partial charge is 0.336 e. The van der Waals surface area contributed by atoms with Crippen molar-refractivity contribution in [3.63, 3.8) is 0 Å². The summed E-state index contributed by atoms with van der Waals surface area (Å²) in [6.07, 6.45) is 0.825. The van der Waals surface area contributed by atoms with Crippen molar-refractivity contribution >= 4 is 5.97 Å². The molecular weight excluding hydrogens is 259 g/mol. The van der Waals surface area contributed by atoms with Crippen molar-refractivity contribution in [3.8, 4) is 5.75 Å². The average Bonchev–Trinajstić information content (AvgIpc) is 2.46. The molecule has 0 saturated carbocycles. The van der Waals surface area contributed by atoms with Gasteiger partial charge in [-0.15, -0.1) is 0 Å². The number of aromatic carboxylic acids is 1. The van der Waals surface area contributed by atoms with Crippen LogP contribution in [0.15, 0.2) is 42.5 Å². The minimum absolute atomic E-state index is 0.0704. The summed E-state index contributed by atoms with van der Waals surface area (Å²) in [7, 11) is 0. The van der Waals surface area contributed by atoms with Crippen molar-refractivity contribution in [2.75, 3.05) is 0 Å². The monoisotopic (exact) mass is 274 g/mol. The fourth-order valence-electron chi connectivity index (χ4n) is 1.97. The summed E-state index contributed by atoms with van der Waals surface area (Å²) in [4.78, 5) is 11.1. The molecule has 2 rings (SSSR count). The van der Waals surface area contributed by atoms with E-state index in [2.05, 4.69) is 0 Å². The first-order valence-corrected chi connectivity index (χ1v) is 6.34. The fourth-order valence-corrected chi connectivity index (χ4v) is 1.97. The highest BCUT2D eigenvalue weighted by molar-refractivity contribution is 5.89. The molecule has 2 aromatic rings. The lowest BCUT2D eigenvalue weighted by atomic mass is 10.1. The zero-order valence-electron chi connectivity index (χ0n) is 11.1. The van der Waals surface area contributed by atoms with Crippen LogP contribution >= 0.6 is 0 Å². The van der Waals surface area contributed by atoms with E-state index in [4.69, 9.17) is 9.84 Å². The summed E-state index contributed by atoms with van der Waals surface area (Å²) in [5, 5.41) is 9.07. The summed E-state index contributed by atoms with van der Waals surface area (Å²) >= 11 is 0. The first-order valence-electron chi connectivity index (χ1n) is 6.34. The molecule has 20 heavy (non-hydrogen) atoms. The Hall–Kier alpha value is -2.36. The van der Waals surface area contributed by atoms with Gasteiger partial charge in [-0.1, -0.05) is 31.2 Å². The molecule has 0 aliphatic heterocycles.